The van der Waals surface area contributed by atoms with Crippen LogP contribution in [0.5, 0.6) is 0 Å². The van der Waals surface area contributed by atoms with E-state index < -0.39 is 0 Å². The van der Waals surface area contributed by atoms with Crippen LogP contribution in [0.4, 0.5) is 0 Å². The molecule has 0 aliphatic rings. The van der Waals surface area contributed by atoms with Crippen LogP contribution >= 0.6 is 0 Å². The summed E-state index contributed by atoms with van der Waals surface area (Å²) in [6.45, 7) is 6.77. The molecule has 0 saturated carbocycles. The minimum absolute atomic E-state index is 0.106. The molecule has 1 N–H and O–H groups in total. The van der Waals surface area contributed by atoms with Crippen molar-refractivity contribution in [1.29, 1.82) is 5.26 Å². The van der Waals surface area contributed by atoms with Crippen molar-refractivity contribution in [2.45, 2.75) is 39.0 Å². The molecule has 0 bridgehead atoms. The Hall–Kier alpha value is -3.64. The average molecular weight is 406 g/mol. The molecule has 0 aliphatic carbocycles. The first-order valence-electron chi connectivity index (χ1n) is 10.6. The van der Waals surface area contributed by atoms with Crippen molar-refractivity contribution >= 4 is 0 Å². The van der Waals surface area contributed by atoms with Gasteiger partial charge in [-0.3, -0.25) is 0 Å². The monoisotopic (exact) mass is 405 g/mol. The summed E-state index contributed by atoms with van der Waals surface area (Å²) in [6.07, 6.45) is 3.46. The van der Waals surface area contributed by atoms with Gasteiger partial charge < -0.3 is 4.98 Å². The Balaban J connectivity index is 1.46. The standard InChI is InChI=1S/C28H27N3/c1-28(2,3)26-7-5-4-6-25(26)23-14-12-21(13-15-23)17-27-30-19-24(31-27)16-20-8-10-22(18-29)11-9-20/h4-15,19H,16-17H2,1-3H3,(H,30,31). The van der Waals surface area contributed by atoms with E-state index in [0.717, 1.165) is 29.9 Å². The fraction of sp³-hybridized carbons (Fsp3) is 0.214. The Morgan fingerprint density at radius 2 is 1.48 bits per heavy atom. The highest BCUT2D eigenvalue weighted by Gasteiger charge is 2.18. The van der Waals surface area contributed by atoms with Crippen LogP contribution in [0.25, 0.3) is 11.1 Å². The van der Waals surface area contributed by atoms with Crippen molar-refractivity contribution in [3.05, 3.63) is 113 Å². The van der Waals surface area contributed by atoms with Gasteiger partial charge in [-0.2, -0.15) is 5.26 Å². The number of nitrogens with zero attached hydrogens (tertiary/aromatic N) is 2. The Kier molecular flexibility index (Phi) is 5.73. The summed E-state index contributed by atoms with van der Waals surface area (Å²) in [4.78, 5) is 8.00. The normalized spacial score (nSPS) is 11.3. The molecule has 3 nitrogen and oxygen atoms in total. The summed E-state index contributed by atoms with van der Waals surface area (Å²) in [5.74, 6) is 0.964. The molecule has 0 fully saturated rings. The van der Waals surface area contributed by atoms with Crippen LogP contribution in [0.2, 0.25) is 0 Å². The zero-order valence-electron chi connectivity index (χ0n) is 18.3. The molecule has 0 atom stereocenters. The molecule has 0 unspecified atom stereocenters. The molecule has 0 spiro atoms. The van der Waals surface area contributed by atoms with E-state index in [1.54, 1.807) is 0 Å². The number of hydrogen-bond donors (Lipinski definition) is 1. The fourth-order valence-electron chi connectivity index (χ4n) is 3.89. The molecule has 0 radical (unpaired) electrons. The highest BCUT2D eigenvalue weighted by molar-refractivity contribution is 5.69. The number of benzene rings is 3. The molecule has 0 aliphatic heterocycles. The Labute approximate surface area is 184 Å². The summed E-state index contributed by atoms with van der Waals surface area (Å²) < 4.78 is 0. The van der Waals surface area contributed by atoms with Gasteiger partial charge >= 0.3 is 0 Å². The van der Waals surface area contributed by atoms with Gasteiger partial charge in [-0.15, -0.1) is 0 Å². The second-order valence-electron chi connectivity index (χ2n) is 9.01. The Morgan fingerprint density at radius 1 is 0.839 bits per heavy atom. The Morgan fingerprint density at radius 3 is 2.16 bits per heavy atom. The van der Waals surface area contributed by atoms with E-state index >= 15 is 0 Å². The van der Waals surface area contributed by atoms with Crippen LogP contribution in [-0.4, -0.2) is 9.97 Å². The van der Waals surface area contributed by atoms with Crippen LogP contribution in [-0.2, 0) is 18.3 Å². The molecule has 4 aromatic rings. The zero-order valence-corrected chi connectivity index (χ0v) is 18.3. The van der Waals surface area contributed by atoms with Crippen molar-refractivity contribution in [2.75, 3.05) is 0 Å². The van der Waals surface area contributed by atoms with Crippen LogP contribution in [0.3, 0.4) is 0 Å². The maximum Gasteiger partial charge on any atom is 0.110 e. The van der Waals surface area contributed by atoms with Crippen LogP contribution in [0.1, 0.15) is 54.5 Å². The molecule has 3 aromatic carbocycles. The van der Waals surface area contributed by atoms with Crippen molar-refractivity contribution in [2.24, 2.45) is 0 Å². The number of nitrogens with one attached hydrogen (secondary N) is 1. The van der Waals surface area contributed by atoms with Crippen molar-refractivity contribution < 1.29 is 0 Å². The average Bonchev–Trinajstić information content (AvgIpc) is 3.21. The first-order valence-corrected chi connectivity index (χ1v) is 10.6. The Bertz CT molecular complexity index is 1200. The number of nitriles is 1. The van der Waals surface area contributed by atoms with E-state index in [1.807, 2.05) is 30.5 Å². The number of aromatic nitrogens is 2. The quantitative estimate of drug-likeness (QED) is 0.416. The molecular weight excluding hydrogens is 378 g/mol. The molecule has 0 saturated heterocycles. The maximum absolute atomic E-state index is 8.93. The molecule has 1 aromatic heterocycles. The molecule has 3 heteroatoms. The van der Waals surface area contributed by atoms with E-state index in [0.29, 0.717) is 5.56 Å². The highest BCUT2D eigenvalue weighted by atomic mass is 14.9. The van der Waals surface area contributed by atoms with Gasteiger partial charge in [0.1, 0.15) is 5.82 Å². The molecule has 154 valence electrons. The van der Waals surface area contributed by atoms with Gasteiger partial charge in [0, 0.05) is 24.7 Å². The minimum atomic E-state index is 0.106. The molecular formula is C28H27N3. The van der Waals surface area contributed by atoms with E-state index in [2.05, 4.69) is 85.3 Å². The van der Waals surface area contributed by atoms with Gasteiger partial charge in [-0.25, -0.2) is 4.98 Å². The predicted molar refractivity (Wildman–Crippen MR) is 126 cm³/mol. The maximum atomic E-state index is 8.93. The second kappa shape index (κ2) is 8.62. The van der Waals surface area contributed by atoms with Gasteiger partial charge in [-0.1, -0.05) is 81.4 Å². The summed E-state index contributed by atoms with van der Waals surface area (Å²) in [5.41, 5.74) is 8.17. The molecule has 4 rings (SSSR count). The zero-order chi connectivity index (χ0) is 21.8. The number of H-pyrrole nitrogens is 1. The fourth-order valence-corrected chi connectivity index (χ4v) is 3.89. The summed E-state index contributed by atoms with van der Waals surface area (Å²) in [6, 6.07) is 27.3. The second-order valence-corrected chi connectivity index (χ2v) is 9.01. The summed E-state index contributed by atoms with van der Waals surface area (Å²) in [5, 5.41) is 8.93. The SMILES string of the molecule is CC(C)(C)c1ccccc1-c1ccc(Cc2ncc(Cc3ccc(C#N)cc3)[nH]2)cc1. The minimum Gasteiger partial charge on any atom is -0.345 e. The van der Waals surface area contributed by atoms with Gasteiger partial charge in [0.05, 0.1) is 11.6 Å². The lowest BCUT2D eigenvalue weighted by Gasteiger charge is -2.23. The predicted octanol–water partition coefficient (Wildman–Crippen LogP) is 6.43. The van der Waals surface area contributed by atoms with Crippen molar-refractivity contribution in [1.82, 2.24) is 9.97 Å². The van der Waals surface area contributed by atoms with Gasteiger partial charge in [0.25, 0.3) is 0 Å². The van der Waals surface area contributed by atoms with Gasteiger partial charge in [0.2, 0.25) is 0 Å². The number of rotatable bonds is 5. The van der Waals surface area contributed by atoms with Gasteiger partial charge in [-0.05, 0) is 45.4 Å². The lowest BCUT2D eigenvalue weighted by molar-refractivity contribution is 0.592. The largest absolute Gasteiger partial charge is 0.345 e. The topological polar surface area (TPSA) is 52.5 Å². The smallest absolute Gasteiger partial charge is 0.110 e. The van der Waals surface area contributed by atoms with Crippen molar-refractivity contribution in [3.63, 3.8) is 0 Å². The van der Waals surface area contributed by atoms with E-state index in [1.165, 1.54) is 22.3 Å². The third-order valence-electron chi connectivity index (χ3n) is 5.53. The highest BCUT2D eigenvalue weighted by Crippen LogP contribution is 2.33. The van der Waals surface area contributed by atoms with E-state index in [-0.39, 0.29) is 5.41 Å². The van der Waals surface area contributed by atoms with Crippen LogP contribution < -0.4 is 0 Å². The molecule has 1 heterocycles. The molecule has 0 amide bonds. The van der Waals surface area contributed by atoms with Crippen LogP contribution in [0.15, 0.2) is 79.0 Å². The van der Waals surface area contributed by atoms with Crippen LogP contribution in [0, 0.1) is 11.3 Å². The third kappa shape index (κ3) is 4.92. The van der Waals surface area contributed by atoms with Crippen molar-refractivity contribution in [3.8, 4) is 17.2 Å². The van der Waals surface area contributed by atoms with E-state index in [9.17, 15) is 0 Å². The number of imidazole rings is 1. The lowest BCUT2D eigenvalue weighted by Crippen LogP contribution is -2.12. The third-order valence-corrected chi connectivity index (χ3v) is 5.53. The summed E-state index contributed by atoms with van der Waals surface area (Å²) >= 11 is 0. The first-order chi connectivity index (χ1) is 14.9. The lowest BCUT2D eigenvalue weighted by atomic mass is 9.82. The van der Waals surface area contributed by atoms with Gasteiger partial charge in [0.15, 0.2) is 0 Å². The molecule has 31 heavy (non-hydrogen) atoms. The first kappa shape index (κ1) is 20.6. The number of aromatic amines is 1. The number of hydrogen-bond acceptors (Lipinski definition) is 2. The van der Waals surface area contributed by atoms with E-state index in [4.69, 9.17) is 5.26 Å². The summed E-state index contributed by atoms with van der Waals surface area (Å²) in [7, 11) is 0.